The molecule has 0 unspecified atom stereocenters. The predicted octanol–water partition coefficient (Wildman–Crippen LogP) is 2.37. The summed E-state index contributed by atoms with van der Waals surface area (Å²) in [5, 5.41) is 4.04. The molecule has 18 heavy (non-hydrogen) atoms. The Labute approximate surface area is 107 Å². The predicted molar refractivity (Wildman–Crippen MR) is 73.9 cm³/mol. The van der Waals surface area contributed by atoms with Gasteiger partial charge in [0.2, 0.25) is 0 Å². The van der Waals surface area contributed by atoms with E-state index < -0.39 is 0 Å². The summed E-state index contributed by atoms with van der Waals surface area (Å²) < 4.78 is 0. The summed E-state index contributed by atoms with van der Waals surface area (Å²) >= 11 is 0. The van der Waals surface area contributed by atoms with Crippen molar-refractivity contribution in [1.29, 1.82) is 0 Å². The van der Waals surface area contributed by atoms with Crippen molar-refractivity contribution in [2.45, 2.75) is 6.92 Å². The number of carbonyl (C=O) groups is 1. The maximum atomic E-state index is 12.2. The second-order valence-corrected chi connectivity index (χ2v) is 4.30. The summed E-state index contributed by atoms with van der Waals surface area (Å²) in [6, 6.07) is 9.50. The average molecular weight is 243 g/mol. The van der Waals surface area contributed by atoms with Gasteiger partial charge in [0.25, 0.3) is 5.91 Å². The molecule has 1 aromatic heterocycles. The summed E-state index contributed by atoms with van der Waals surface area (Å²) in [5.41, 5.74) is 1.52. The average Bonchev–Trinajstić information content (AvgIpc) is 2.37. The van der Waals surface area contributed by atoms with Crippen molar-refractivity contribution in [3.05, 3.63) is 35.9 Å². The zero-order chi connectivity index (χ0) is 13.1. The number of fused-ring (bicyclic) bond motifs is 1. The smallest absolute Gasteiger partial charge is 0.254 e. The van der Waals surface area contributed by atoms with Crippen LogP contribution in [0.1, 0.15) is 17.3 Å². The second kappa shape index (κ2) is 5.04. The molecule has 1 amide bonds. The van der Waals surface area contributed by atoms with Crippen molar-refractivity contribution in [2.75, 3.05) is 26.0 Å². The lowest BCUT2D eigenvalue weighted by molar-refractivity contribution is 0.0829. The van der Waals surface area contributed by atoms with Crippen LogP contribution in [0.25, 0.3) is 10.9 Å². The fraction of sp³-hybridized carbons (Fsp3) is 0.286. The summed E-state index contributed by atoms with van der Waals surface area (Å²) in [6.07, 6.45) is 0. The topological polar surface area (TPSA) is 45.2 Å². The molecule has 0 radical (unpaired) electrons. The first-order valence-electron chi connectivity index (χ1n) is 5.98. The highest BCUT2D eigenvalue weighted by Gasteiger charge is 2.14. The Morgan fingerprint density at radius 1 is 1.33 bits per heavy atom. The number of aromatic nitrogens is 1. The number of rotatable bonds is 3. The molecule has 1 N–H and O–H groups in total. The van der Waals surface area contributed by atoms with Crippen molar-refractivity contribution in [3.63, 3.8) is 0 Å². The first-order valence-corrected chi connectivity index (χ1v) is 5.98. The zero-order valence-corrected chi connectivity index (χ0v) is 10.9. The third-order valence-electron chi connectivity index (χ3n) is 2.71. The van der Waals surface area contributed by atoms with Gasteiger partial charge in [0.05, 0.1) is 11.1 Å². The van der Waals surface area contributed by atoms with Gasteiger partial charge in [0, 0.05) is 26.0 Å². The molecule has 94 valence electrons. The molecule has 1 heterocycles. The number of benzene rings is 1. The Hall–Kier alpha value is -2.10. The van der Waals surface area contributed by atoms with Gasteiger partial charge in [-0.2, -0.15) is 0 Å². The van der Waals surface area contributed by atoms with Crippen LogP contribution in [0, 0.1) is 0 Å². The van der Waals surface area contributed by atoms with Crippen molar-refractivity contribution in [2.24, 2.45) is 0 Å². The Bertz CT molecular complexity index is 578. The standard InChI is InChI=1S/C14H17N3O/c1-4-15-13-9-11(14(18)17(2)3)10-7-5-6-8-12(10)16-13/h5-9H,4H2,1-3H3,(H,15,16). The van der Waals surface area contributed by atoms with Crippen molar-refractivity contribution in [3.8, 4) is 0 Å². The summed E-state index contributed by atoms with van der Waals surface area (Å²) in [7, 11) is 3.51. The minimum Gasteiger partial charge on any atom is -0.370 e. The monoisotopic (exact) mass is 243 g/mol. The number of amides is 1. The molecular weight excluding hydrogens is 226 g/mol. The highest BCUT2D eigenvalue weighted by atomic mass is 16.2. The van der Waals surface area contributed by atoms with Crippen LogP contribution in [0.2, 0.25) is 0 Å². The van der Waals surface area contributed by atoms with E-state index in [0.717, 1.165) is 23.3 Å². The van der Waals surface area contributed by atoms with Crippen LogP contribution >= 0.6 is 0 Å². The van der Waals surface area contributed by atoms with Gasteiger partial charge in [0.15, 0.2) is 0 Å². The van der Waals surface area contributed by atoms with E-state index in [4.69, 9.17) is 0 Å². The number of hydrogen-bond acceptors (Lipinski definition) is 3. The van der Waals surface area contributed by atoms with Gasteiger partial charge in [-0.3, -0.25) is 4.79 Å². The molecule has 2 rings (SSSR count). The summed E-state index contributed by atoms with van der Waals surface area (Å²) in [5.74, 6) is 0.731. The van der Waals surface area contributed by atoms with Crippen LogP contribution in [0.4, 0.5) is 5.82 Å². The first-order chi connectivity index (χ1) is 8.63. The summed E-state index contributed by atoms with van der Waals surface area (Å²) in [6.45, 7) is 2.78. The van der Waals surface area contributed by atoms with Crippen LogP contribution in [0.15, 0.2) is 30.3 Å². The third-order valence-corrected chi connectivity index (χ3v) is 2.71. The normalized spacial score (nSPS) is 10.4. The number of hydrogen-bond donors (Lipinski definition) is 1. The highest BCUT2D eigenvalue weighted by Crippen LogP contribution is 2.21. The molecular formula is C14H17N3O. The quantitative estimate of drug-likeness (QED) is 0.900. The minimum absolute atomic E-state index is 0.00671. The van der Waals surface area contributed by atoms with E-state index >= 15 is 0 Å². The summed E-state index contributed by atoms with van der Waals surface area (Å²) in [4.78, 5) is 18.3. The van der Waals surface area contributed by atoms with Crippen LogP contribution < -0.4 is 5.32 Å². The molecule has 4 heteroatoms. The SMILES string of the molecule is CCNc1cc(C(=O)N(C)C)c2ccccc2n1. The van der Waals surface area contributed by atoms with Crippen LogP contribution in [-0.4, -0.2) is 36.4 Å². The molecule has 0 fully saturated rings. The fourth-order valence-electron chi connectivity index (χ4n) is 1.86. The van der Waals surface area contributed by atoms with Crippen molar-refractivity contribution in [1.82, 2.24) is 9.88 Å². The van der Waals surface area contributed by atoms with E-state index in [2.05, 4.69) is 10.3 Å². The molecule has 0 aliphatic rings. The van der Waals surface area contributed by atoms with Gasteiger partial charge in [-0.25, -0.2) is 4.98 Å². The first kappa shape index (κ1) is 12.4. The second-order valence-electron chi connectivity index (χ2n) is 4.30. The molecule has 0 saturated carbocycles. The lowest BCUT2D eigenvalue weighted by Gasteiger charge is -2.14. The van der Waals surface area contributed by atoms with E-state index in [0.29, 0.717) is 5.56 Å². The van der Waals surface area contributed by atoms with Gasteiger partial charge in [-0.05, 0) is 19.1 Å². The minimum atomic E-state index is -0.00671. The van der Waals surface area contributed by atoms with E-state index in [9.17, 15) is 4.79 Å². The molecule has 0 spiro atoms. The maximum absolute atomic E-state index is 12.2. The Kier molecular flexibility index (Phi) is 3.46. The number of carbonyl (C=O) groups excluding carboxylic acids is 1. The Balaban J connectivity index is 2.64. The number of nitrogens with zero attached hydrogens (tertiary/aromatic N) is 2. The van der Waals surface area contributed by atoms with Crippen molar-refractivity contribution < 1.29 is 4.79 Å². The number of pyridine rings is 1. The fourth-order valence-corrected chi connectivity index (χ4v) is 1.86. The van der Waals surface area contributed by atoms with Crippen LogP contribution in [0.3, 0.4) is 0 Å². The lowest BCUT2D eigenvalue weighted by Crippen LogP contribution is -2.22. The largest absolute Gasteiger partial charge is 0.370 e. The van der Waals surface area contributed by atoms with E-state index in [1.807, 2.05) is 37.3 Å². The van der Waals surface area contributed by atoms with E-state index in [1.165, 1.54) is 0 Å². The molecule has 0 bridgehead atoms. The van der Waals surface area contributed by atoms with Gasteiger partial charge in [-0.15, -0.1) is 0 Å². The Morgan fingerprint density at radius 2 is 2.06 bits per heavy atom. The Morgan fingerprint density at radius 3 is 2.72 bits per heavy atom. The molecule has 0 atom stereocenters. The number of anilines is 1. The van der Waals surface area contributed by atoms with Gasteiger partial charge < -0.3 is 10.2 Å². The van der Waals surface area contributed by atoms with Gasteiger partial charge >= 0.3 is 0 Å². The zero-order valence-electron chi connectivity index (χ0n) is 10.9. The van der Waals surface area contributed by atoms with Gasteiger partial charge in [0.1, 0.15) is 5.82 Å². The molecule has 1 aromatic carbocycles. The molecule has 0 saturated heterocycles. The molecule has 2 aromatic rings. The van der Waals surface area contributed by atoms with Crippen molar-refractivity contribution >= 4 is 22.6 Å². The molecule has 0 aliphatic heterocycles. The van der Waals surface area contributed by atoms with E-state index in [-0.39, 0.29) is 5.91 Å². The number of para-hydroxylation sites is 1. The molecule has 4 nitrogen and oxygen atoms in total. The van der Waals surface area contributed by atoms with Crippen LogP contribution in [-0.2, 0) is 0 Å². The molecule has 0 aliphatic carbocycles. The van der Waals surface area contributed by atoms with E-state index in [1.54, 1.807) is 19.0 Å². The number of nitrogens with one attached hydrogen (secondary N) is 1. The third kappa shape index (κ3) is 2.27. The maximum Gasteiger partial charge on any atom is 0.254 e. The van der Waals surface area contributed by atoms with Gasteiger partial charge in [-0.1, -0.05) is 18.2 Å². The lowest BCUT2D eigenvalue weighted by atomic mass is 10.1. The highest BCUT2D eigenvalue weighted by molar-refractivity contribution is 6.06. The van der Waals surface area contributed by atoms with Crippen LogP contribution in [0.5, 0.6) is 0 Å².